The van der Waals surface area contributed by atoms with Crippen LogP contribution >= 0.6 is 0 Å². The summed E-state index contributed by atoms with van der Waals surface area (Å²) >= 11 is 0. The third-order valence-corrected chi connectivity index (χ3v) is 3.97. The average Bonchev–Trinajstić information content (AvgIpc) is 2.84. The first kappa shape index (κ1) is 13.0. The van der Waals surface area contributed by atoms with Crippen molar-refractivity contribution < 1.29 is 14.6 Å². The van der Waals surface area contributed by atoms with E-state index in [1.54, 1.807) is 0 Å². The van der Waals surface area contributed by atoms with Crippen molar-refractivity contribution in [3.05, 3.63) is 35.9 Å². The predicted octanol–water partition coefficient (Wildman–Crippen LogP) is -0.0697. The van der Waals surface area contributed by atoms with Crippen LogP contribution in [0.3, 0.4) is 0 Å². The van der Waals surface area contributed by atoms with Crippen LogP contribution in [0.15, 0.2) is 30.3 Å². The normalized spacial score (nSPS) is 37.8. The Hall–Kier alpha value is -0.980. The van der Waals surface area contributed by atoms with Gasteiger partial charge >= 0.3 is 0 Å². The lowest BCUT2D eigenvalue weighted by atomic mass is 9.96. The Bertz CT molecular complexity index is 428. The molecule has 2 bridgehead atoms. The second kappa shape index (κ2) is 5.19. The van der Waals surface area contributed by atoms with Crippen molar-refractivity contribution in [1.29, 1.82) is 0 Å². The molecule has 0 amide bonds. The Morgan fingerprint density at radius 2 is 2.11 bits per heavy atom. The van der Waals surface area contributed by atoms with Gasteiger partial charge in [-0.15, -0.1) is 0 Å². The monoisotopic (exact) mass is 264 g/mol. The van der Waals surface area contributed by atoms with Gasteiger partial charge in [-0.2, -0.15) is 0 Å². The zero-order valence-electron chi connectivity index (χ0n) is 11.0. The Kier molecular flexibility index (Phi) is 3.56. The molecule has 0 radical (unpaired) electrons. The highest BCUT2D eigenvalue weighted by Gasteiger charge is 2.49. The Morgan fingerprint density at radius 1 is 1.37 bits per heavy atom. The van der Waals surface area contributed by atoms with Crippen LogP contribution in [0.1, 0.15) is 5.56 Å². The molecule has 5 nitrogen and oxygen atoms in total. The van der Waals surface area contributed by atoms with Crippen LogP contribution in [0, 0.1) is 0 Å². The topological polar surface area (TPSA) is 68.0 Å². The zero-order chi connectivity index (χ0) is 13.4. The molecule has 2 fully saturated rings. The summed E-state index contributed by atoms with van der Waals surface area (Å²) in [6.45, 7) is 1.20. The molecule has 0 spiro atoms. The minimum atomic E-state index is -0.625. The van der Waals surface area contributed by atoms with Crippen molar-refractivity contribution in [2.45, 2.75) is 37.1 Å². The Labute approximate surface area is 112 Å². The third-order valence-electron chi connectivity index (χ3n) is 3.97. The number of aliphatic hydroxyl groups is 1. The molecule has 0 saturated carbocycles. The maximum Gasteiger partial charge on any atom is 0.176 e. The molecular formula is C14H20N2O3. The molecule has 3 rings (SSSR count). The van der Waals surface area contributed by atoms with E-state index in [2.05, 4.69) is 12.1 Å². The molecule has 0 aromatic heterocycles. The number of nitrogens with two attached hydrogens (primary N) is 1. The van der Waals surface area contributed by atoms with Gasteiger partial charge in [-0.25, -0.2) is 0 Å². The van der Waals surface area contributed by atoms with Gasteiger partial charge in [-0.3, -0.25) is 4.90 Å². The number of benzene rings is 1. The van der Waals surface area contributed by atoms with Crippen LogP contribution in [0.4, 0.5) is 0 Å². The van der Waals surface area contributed by atoms with E-state index in [-0.39, 0.29) is 24.5 Å². The number of hydrogen-bond donors (Lipinski definition) is 2. The maximum absolute atomic E-state index is 10.3. The quantitative estimate of drug-likeness (QED) is 0.800. The summed E-state index contributed by atoms with van der Waals surface area (Å²) in [4.78, 5) is 2.05. The molecule has 1 aromatic carbocycles. The van der Waals surface area contributed by atoms with E-state index in [0.717, 1.165) is 6.54 Å². The molecule has 5 unspecified atom stereocenters. The van der Waals surface area contributed by atoms with Gasteiger partial charge in [0.2, 0.25) is 0 Å². The first-order valence-corrected chi connectivity index (χ1v) is 6.61. The van der Waals surface area contributed by atoms with Crippen molar-refractivity contribution in [1.82, 2.24) is 4.90 Å². The first-order chi connectivity index (χ1) is 9.16. The van der Waals surface area contributed by atoms with Gasteiger partial charge in [-0.1, -0.05) is 30.3 Å². The summed E-state index contributed by atoms with van der Waals surface area (Å²) in [6, 6.07) is 9.50. The van der Waals surface area contributed by atoms with E-state index in [1.165, 1.54) is 5.56 Å². The second-order valence-corrected chi connectivity index (χ2v) is 5.34. The molecule has 19 heavy (non-hydrogen) atoms. The minimum Gasteiger partial charge on any atom is -0.390 e. The highest BCUT2D eigenvalue weighted by Crippen LogP contribution is 2.30. The number of fused-ring (bicyclic) bond motifs is 2. The molecule has 1 aromatic rings. The van der Waals surface area contributed by atoms with Gasteiger partial charge in [0.05, 0.1) is 24.8 Å². The number of likely N-dealkylation sites (N-methyl/N-ethyl adjacent to an activating group) is 1. The highest BCUT2D eigenvalue weighted by molar-refractivity contribution is 5.15. The van der Waals surface area contributed by atoms with Crippen LogP contribution < -0.4 is 5.73 Å². The molecule has 5 heteroatoms. The van der Waals surface area contributed by atoms with Gasteiger partial charge in [0.25, 0.3) is 0 Å². The molecule has 3 N–H and O–H groups in total. The molecular weight excluding hydrogens is 244 g/mol. The van der Waals surface area contributed by atoms with Gasteiger partial charge in [0.1, 0.15) is 6.10 Å². The molecule has 5 atom stereocenters. The van der Waals surface area contributed by atoms with E-state index in [9.17, 15) is 5.11 Å². The lowest BCUT2D eigenvalue weighted by molar-refractivity contribution is -0.175. The predicted molar refractivity (Wildman–Crippen MR) is 70.3 cm³/mol. The summed E-state index contributed by atoms with van der Waals surface area (Å²) in [5, 5.41) is 10.3. The summed E-state index contributed by atoms with van der Waals surface area (Å²) in [7, 11) is 1.96. The number of aliphatic hydroxyl groups excluding tert-OH is 1. The molecule has 2 aliphatic rings. The zero-order valence-corrected chi connectivity index (χ0v) is 11.0. The van der Waals surface area contributed by atoms with E-state index < -0.39 is 6.10 Å². The third kappa shape index (κ3) is 2.40. The van der Waals surface area contributed by atoms with Crippen molar-refractivity contribution in [3.63, 3.8) is 0 Å². The van der Waals surface area contributed by atoms with Crippen molar-refractivity contribution >= 4 is 0 Å². The van der Waals surface area contributed by atoms with Gasteiger partial charge in [0.15, 0.2) is 6.29 Å². The van der Waals surface area contributed by atoms with Gasteiger partial charge in [-0.05, 0) is 12.6 Å². The van der Waals surface area contributed by atoms with E-state index >= 15 is 0 Å². The van der Waals surface area contributed by atoms with Crippen molar-refractivity contribution in [2.24, 2.45) is 5.73 Å². The molecule has 2 aliphatic heterocycles. The SMILES string of the molecule is CN(Cc1ccccc1)C1C2OCC(O2)C(N)C1O. The van der Waals surface area contributed by atoms with Gasteiger partial charge in [0, 0.05) is 6.54 Å². The van der Waals surface area contributed by atoms with E-state index in [4.69, 9.17) is 15.2 Å². The van der Waals surface area contributed by atoms with Crippen LogP contribution in [0.2, 0.25) is 0 Å². The van der Waals surface area contributed by atoms with E-state index in [1.807, 2.05) is 30.1 Å². The number of nitrogens with zero attached hydrogens (tertiary/aromatic N) is 1. The first-order valence-electron chi connectivity index (χ1n) is 6.61. The van der Waals surface area contributed by atoms with Gasteiger partial charge < -0.3 is 20.3 Å². The van der Waals surface area contributed by atoms with Crippen LogP contribution in [0.5, 0.6) is 0 Å². The average molecular weight is 264 g/mol. The fourth-order valence-electron chi connectivity index (χ4n) is 2.88. The Balaban J connectivity index is 1.73. The fourth-order valence-corrected chi connectivity index (χ4v) is 2.88. The number of ether oxygens (including phenoxy) is 2. The maximum atomic E-state index is 10.3. The Morgan fingerprint density at radius 3 is 2.84 bits per heavy atom. The molecule has 2 saturated heterocycles. The molecule has 104 valence electrons. The summed E-state index contributed by atoms with van der Waals surface area (Å²) in [5.41, 5.74) is 7.19. The summed E-state index contributed by atoms with van der Waals surface area (Å²) in [5.74, 6) is 0. The lowest BCUT2D eigenvalue weighted by Crippen LogP contribution is -2.62. The minimum absolute atomic E-state index is 0.179. The van der Waals surface area contributed by atoms with Crippen LogP contribution in [0.25, 0.3) is 0 Å². The van der Waals surface area contributed by atoms with Crippen molar-refractivity contribution in [2.75, 3.05) is 13.7 Å². The second-order valence-electron chi connectivity index (χ2n) is 5.34. The summed E-state index contributed by atoms with van der Waals surface area (Å²) < 4.78 is 11.3. The fraction of sp³-hybridized carbons (Fsp3) is 0.571. The number of hydrogen-bond acceptors (Lipinski definition) is 5. The van der Waals surface area contributed by atoms with Crippen LogP contribution in [-0.2, 0) is 16.0 Å². The van der Waals surface area contributed by atoms with Crippen molar-refractivity contribution in [3.8, 4) is 0 Å². The standard InChI is InChI=1S/C14H20N2O3/c1-16(7-9-5-3-2-4-6-9)12-13(17)11(15)10-8-18-14(12)19-10/h2-6,10-14,17H,7-8,15H2,1H3. The largest absolute Gasteiger partial charge is 0.390 e. The molecule has 2 heterocycles. The highest BCUT2D eigenvalue weighted by atomic mass is 16.7. The number of rotatable bonds is 3. The smallest absolute Gasteiger partial charge is 0.176 e. The van der Waals surface area contributed by atoms with E-state index in [0.29, 0.717) is 6.61 Å². The molecule has 0 aliphatic carbocycles. The summed E-state index contributed by atoms with van der Waals surface area (Å²) in [6.07, 6.45) is -1.19. The lowest BCUT2D eigenvalue weighted by Gasteiger charge is -2.41. The van der Waals surface area contributed by atoms with Crippen LogP contribution in [-0.4, -0.2) is 54.2 Å².